The normalized spacial score (nSPS) is 8.24. The van der Waals surface area contributed by atoms with Crippen molar-refractivity contribution in [1.29, 1.82) is 0 Å². The Labute approximate surface area is 103 Å². The van der Waals surface area contributed by atoms with Crippen LogP contribution < -0.4 is 0 Å². The smallest absolute Gasteiger partial charge is 0.115 e. The lowest BCUT2D eigenvalue weighted by Crippen LogP contribution is -1.81. The molecule has 0 radical (unpaired) electrons. The number of hydrogen-bond acceptors (Lipinski definition) is 4. The van der Waals surface area contributed by atoms with Crippen molar-refractivity contribution in [1.82, 2.24) is 19.9 Å². The first-order chi connectivity index (χ1) is 8.33. The van der Waals surface area contributed by atoms with Crippen molar-refractivity contribution in [2.45, 2.75) is 34.1 Å². The molecule has 0 saturated carbocycles. The van der Waals surface area contributed by atoms with Gasteiger partial charge < -0.3 is 0 Å². The average Bonchev–Trinajstić information content (AvgIpc) is 2.43. The van der Waals surface area contributed by atoms with E-state index in [0.29, 0.717) is 0 Å². The van der Waals surface area contributed by atoms with Crippen molar-refractivity contribution < 1.29 is 0 Å². The van der Waals surface area contributed by atoms with E-state index in [9.17, 15) is 0 Å². The molecule has 2 aromatic heterocycles. The highest BCUT2D eigenvalue weighted by Gasteiger charge is 1.82. The van der Waals surface area contributed by atoms with Gasteiger partial charge in [-0.1, -0.05) is 20.8 Å². The van der Waals surface area contributed by atoms with Crippen molar-refractivity contribution >= 4 is 0 Å². The fourth-order valence-corrected chi connectivity index (χ4v) is 0.886. The molecule has 0 unspecified atom stereocenters. The molecule has 0 amide bonds. The molecule has 0 N–H and O–H groups in total. The molecule has 2 heterocycles. The van der Waals surface area contributed by atoms with Crippen LogP contribution in [-0.2, 0) is 6.42 Å². The van der Waals surface area contributed by atoms with E-state index >= 15 is 0 Å². The van der Waals surface area contributed by atoms with Crippen LogP contribution in [0.2, 0.25) is 0 Å². The lowest BCUT2D eigenvalue weighted by molar-refractivity contribution is 1.04. The van der Waals surface area contributed by atoms with Gasteiger partial charge in [0.25, 0.3) is 0 Å². The molecule has 2 aromatic rings. The third kappa shape index (κ3) is 8.02. The predicted octanol–water partition coefficient (Wildman–Crippen LogP) is 2.85. The Hall–Kier alpha value is -1.84. The highest BCUT2D eigenvalue weighted by Crippen LogP contribution is 1.90. The third-order valence-electron chi connectivity index (χ3n) is 1.71. The summed E-state index contributed by atoms with van der Waals surface area (Å²) in [6, 6.07) is 0. The molecule has 4 heteroatoms. The maximum absolute atomic E-state index is 3.92. The van der Waals surface area contributed by atoms with Gasteiger partial charge >= 0.3 is 0 Å². The molecule has 0 aromatic carbocycles. The molecule has 0 aliphatic heterocycles. The van der Waals surface area contributed by atoms with Gasteiger partial charge in [0.2, 0.25) is 0 Å². The SMILES string of the molecule is CC.CCc1cncnc1.Cc1cnccn1. The van der Waals surface area contributed by atoms with Crippen LogP contribution in [0, 0.1) is 6.92 Å². The maximum atomic E-state index is 3.92. The standard InChI is InChI=1S/C6H8N2.C5H6N2.C2H6/c1-2-6-3-7-5-8-4-6;1-5-4-6-2-3-7-5;1-2/h3-5H,2H2,1H3;2-4H,1H3;1-2H3. The van der Waals surface area contributed by atoms with Crippen molar-refractivity contribution in [2.24, 2.45) is 0 Å². The van der Waals surface area contributed by atoms with Gasteiger partial charge in [0.1, 0.15) is 6.33 Å². The number of rotatable bonds is 1. The Kier molecular flexibility index (Phi) is 9.52. The predicted molar refractivity (Wildman–Crippen MR) is 69.5 cm³/mol. The van der Waals surface area contributed by atoms with E-state index in [1.165, 1.54) is 5.56 Å². The summed E-state index contributed by atoms with van der Waals surface area (Å²) in [4.78, 5) is 15.4. The van der Waals surface area contributed by atoms with E-state index in [-0.39, 0.29) is 0 Å². The van der Waals surface area contributed by atoms with Gasteiger partial charge in [-0.25, -0.2) is 9.97 Å². The van der Waals surface area contributed by atoms with E-state index in [1.807, 2.05) is 33.2 Å². The molecule has 0 atom stereocenters. The van der Waals surface area contributed by atoms with Crippen molar-refractivity contribution in [3.8, 4) is 0 Å². The first-order valence-corrected chi connectivity index (χ1v) is 5.79. The van der Waals surface area contributed by atoms with Crippen molar-refractivity contribution in [3.63, 3.8) is 0 Å². The molecule has 0 aliphatic carbocycles. The summed E-state index contributed by atoms with van der Waals surface area (Å²) in [5.41, 5.74) is 2.15. The molecule has 0 bridgehead atoms. The highest BCUT2D eigenvalue weighted by molar-refractivity contribution is 5.00. The molecule has 0 saturated heterocycles. The zero-order valence-corrected chi connectivity index (χ0v) is 11.0. The minimum Gasteiger partial charge on any atom is -0.261 e. The van der Waals surface area contributed by atoms with E-state index < -0.39 is 0 Å². The molecule has 4 nitrogen and oxygen atoms in total. The summed E-state index contributed by atoms with van der Waals surface area (Å²) in [5.74, 6) is 0. The van der Waals surface area contributed by atoms with E-state index in [4.69, 9.17) is 0 Å². The van der Waals surface area contributed by atoms with Gasteiger partial charge in [0.05, 0.1) is 5.69 Å². The fraction of sp³-hybridized carbons (Fsp3) is 0.385. The lowest BCUT2D eigenvalue weighted by atomic mass is 10.3. The van der Waals surface area contributed by atoms with Crippen LogP contribution in [0.5, 0.6) is 0 Å². The van der Waals surface area contributed by atoms with Crippen molar-refractivity contribution in [2.75, 3.05) is 0 Å². The summed E-state index contributed by atoms with van der Waals surface area (Å²) in [5, 5.41) is 0. The lowest BCUT2D eigenvalue weighted by Gasteiger charge is -1.88. The summed E-state index contributed by atoms with van der Waals surface area (Å²) in [6.45, 7) is 7.99. The molecule has 17 heavy (non-hydrogen) atoms. The fourth-order valence-electron chi connectivity index (χ4n) is 0.886. The van der Waals surface area contributed by atoms with Gasteiger partial charge in [0.15, 0.2) is 0 Å². The summed E-state index contributed by atoms with van der Waals surface area (Å²) in [7, 11) is 0. The van der Waals surface area contributed by atoms with Crippen LogP contribution in [-0.4, -0.2) is 19.9 Å². The molecule has 0 spiro atoms. The Morgan fingerprint density at radius 1 is 0.941 bits per heavy atom. The minimum atomic E-state index is 0.961. The third-order valence-corrected chi connectivity index (χ3v) is 1.71. The molecular formula is C13H20N4. The van der Waals surface area contributed by atoms with Crippen LogP contribution >= 0.6 is 0 Å². The van der Waals surface area contributed by atoms with E-state index in [2.05, 4.69) is 26.9 Å². The quantitative estimate of drug-likeness (QED) is 0.758. The summed E-state index contributed by atoms with van der Waals surface area (Å²) in [6.07, 6.45) is 11.3. The Morgan fingerprint density at radius 3 is 1.88 bits per heavy atom. The zero-order chi connectivity index (χ0) is 12.9. The van der Waals surface area contributed by atoms with E-state index in [0.717, 1.165) is 12.1 Å². The second-order valence-corrected chi connectivity index (χ2v) is 2.95. The van der Waals surface area contributed by atoms with Gasteiger partial charge in [-0.3, -0.25) is 9.97 Å². The van der Waals surface area contributed by atoms with Crippen LogP contribution in [0.4, 0.5) is 0 Å². The molecule has 0 aliphatic rings. The van der Waals surface area contributed by atoms with Gasteiger partial charge in [-0.05, 0) is 18.9 Å². The average molecular weight is 232 g/mol. The van der Waals surface area contributed by atoms with Gasteiger partial charge in [0, 0.05) is 31.0 Å². The molecule has 0 fully saturated rings. The second kappa shape index (κ2) is 10.7. The van der Waals surface area contributed by atoms with Crippen LogP contribution in [0.15, 0.2) is 37.3 Å². The Balaban J connectivity index is 0.000000265. The summed E-state index contributed by atoms with van der Waals surface area (Å²) >= 11 is 0. The van der Waals surface area contributed by atoms with Gasteiger partial charge in [-0.15, -0.1) is 0 Å². The molecule has 2 rings (SSSR count). The number of aryl methyl sites for hydroxylation is 2. The minimum absolute atomic E-state index is 0.961. The van der Waals surface area contributed by atoms with Crippen LogP contribution in [0.25, 0.3) is 0 Å². The van der Waals surface area contributed by atoms with E-state index in [1.54, 1.807) is 24.9 Å². The highest BCUT2D eigenvalue weighted by atomic mass is 14.8. The summed E-state index contributed by atoms with van der Waals surface area (Å²) < 4.78 is 0. The number of hydrogen-bond donors (Lipinski definition) is 0. The molecule has 92 valence electrons. The molecular weight excluding hydrogens is 212 g/mol. The zero-order valence-electron chi connectivity index (χ0n) is 11.0. The van der Waals surface area contributed by atoms with Crippen molar-refractivity contribution in [3.05, 3.63) is 48.6 Å². The second-order valence-electron chi connectivity index (χ2n) is 2.95. The first-order valence-electron chi connectivity index (χ1n) is 5.79. The monoisotopic (exact) mass is 232 g/mol. The van der Waals surface area contributed by atoms with Crippen LogP contribution in [0.1, 0.15) is 32.0 Å². The number of aromatic nitrogens is 4. The topological polar surface area (TPSA) is 51.6 Å². The first kappa shape index (κ1) is 15.2. The largest absolute Gasteiger partial charge is 0.261 e. The maximum Gasteiger partial charge on any atom is 0.115 e. The number of nitrogens with zero attached hydrogens (tertiary/aromatic N) is 4. The Bertz CT molecular complexity index is 362. The Morgan fingerprint density at radius 2 is 1.59 bits per heavy atom. The van der Waals surface area contributed by atoms with Gasteiger partial charge in [-0.2, -0.15) is 0 Å². The van der Waals surface area contributed by atoms with Crippen LogP contribution in [0.3, 0.4) is 0 Å².